The van der Waals surface area contributed by atoms with Crippen LogP contribution in [0.3, 0.4) is 0 Å². The van der Waals surface area contributed by atoms with Gasteiger partial charge in [-0.25, -0.2) is 4.68 Å². The Morgan fingerprint density at radius 2 is 1.91 bits per heavy atom. The molecule has 0 unspecified atom stereocenters. The van der Waals surface area contributed by atoms with Crippen molar-refractivity contribution < 1.29 is 9.53 Å². The summed E-state index contributed by atoms with van der Waals surface area (Å²) in [5, 5.41) is 4.85. The number of ether oxygens (including phenoxy) is 1. The Morgan fingerprint density at radius 3 is 2.67 bits per heavy atom. The highest BCUT2D eigenvalue weighted by Crippen LogP contribution is 2.35. The van der Waals surface area contributed by atoms with Crippen LogP contribution in [0.1, 0.15) is 38.2 Å². The molecule has 33 heavy (non-hydrogen) atoms. The van der Waals surface area contributed by atoms with Crippen LogP contribution < -0.4 is 4.74 Å². The van der Waals surface area contributed by atoms with E-state index in [4.69, 9.17) is 22.1 Å². The molecule has 0 saturated carbocycles. The Morgan fingerprint density at radius 1 is 1.09 bits per heavy atom. The fraction of sp³-hybridized carbons (Fsp3) is 0.269. The summed E-state index contributed by atoms with van der Waals surface area (Å²) in [6.07, 6.45) is 8.28. The average Bonchev–Trinajstić information content (AvgIpc) is 3.38. The van der Waals surface area contributed by atoms with Gasteiger partial charge in [-0.1, -0.05) is 80.5 Å². The predicted octanol–water partition coefficient (Wildman–Crippen LogP) is 6.33. The summed E-state index contributed by atoms with van der Waals surface area (Å²) in [4.78, 5) is 15.5. The molecule has 1 saturated heterocycles. The number of thiocarbonyl (C=S) groups is 1. The molecule has 2 heterocycles. The molecule has 1 aliphatic heterocycles. The third-order valence-electron chi connectivity index (χ3n) is 5.50. The summed E-state index contributed by atoms with van der Waals surface area (Å²) in [6.45, 7) is 2.85. The quantitative estimate of drug-likeness (QED) is 0.205. The van der Waals surface area contributed by atoms with Gasteiger partial charge in [0.1, 0.15) is 15.8 Å². The maximum absolute atomic E-state index is 13.1. The predicted molar refractivity (Wildman–Crippen MR) is 140 cm³/mol. The van der Waals surface area contributed by atoms with Gasteiger partial charge < -0.3 is 4.74 Å². The number of hydrogen-bond acceptors (Lipinski definition) is 5. The Kier molecular flexibility index (Phi) is 7.62. The van der Waals surface area contributed by atoms with E-state index in [0.29, 0.717) is 15.8 Å². The number of hydrogen-bond donors (Lipinski definition) is 0. The molecular weight excluding hydrogens is 450 g/mol. The van der Waals surface area contributed by atoms with Crippen molar-refractivity contribution in [3.63, 3.8) is 0 Å². The van der Waals surface area contributed by atoms with Crippen LogP contribution in [-0.4, -0.2) is 38.6 Å². The standard InChI is InChI=1S/C26H27N3O2S2/c1-3-4-5-9-15-28-25(30)23(33-26(28)32)17-20-18-29(21-12-7-6-8-13-21)27-24(20)19-11-10-14-22(16-19)31-2/h6-8,10-14,16-18H,3-5,9,15H2,1-2H3. The molecule has 1 fully saturated rings. The van der Waals surface area contributed by atoms with Crippen LogP contribution in [0.5, 0.6) is 5.75 Å². The first-order valence-electron chi connectivity index (χ1n) is 11.2. The van der Waals surface area contributed by atoms with Crippen LogP contribution in [0.25, 0.3) is 23.0 Å². The molecule has 4 rings (SSSR count). The summed E-state index contributed by atoms with van der Waals surface area (Å²) in [7, 11) is 1.65. The van der Waals surface area contributed by atoms with Crippen molar-refractivity contribution in [2.45, 2.75) is 32.6 Å². The number of nitrogens with zero attached hydrogens (tertiary/aromatic N) is 3. The Balaban J connectivity index is 1.69. The van der Waals surface area contributed by atoms with Crippen LogP contribution in [0.2, 0.25) is 0 Å². The van der Waals surface area contributed by atoms with E-state index in [1.807, 2.05) is 71.6 Å². The minimum atomic E-state index is -0.0226. The van der Waals surface area contributed by atoms with Gasteiger partial charge in [0, 0.05) is 23.9 Å². The zero-order chi connectivity index (χ0) is 23.2. The SMILES string of the molecule is CCCCCCN1C(=O)C(=Cc2cn(-c3ccccc3)nc2-c2cccc(OC)c2)SC1=S. The van der Waals surface area contributed by atoms with Crippen LogP contribution in [0, 0.1) is 0 Å². The first kappa shape index (κ1) is 23.3. The zero-order valence-electron chi connectivity index (χ0n) is 18.9. The summed E-state index contributed by atoms with van der Waals surface area (Å²) in [5.74, 6) is 0.733. The van der Waals surface area contributed by atoms with Crippen molar-refractivity contribution >= 4 is 40.3 Å². The molecule has 0 radical (unpaired) electrons. The fourth-order valence-electron chi connectivity index (χ4n) is 3.73. The molecule has 0 atom stereocenters. The van der Waals surface area contributed by atoms with Crippen LogP contribution in [0.15, 0.2) is 65.7 Å². The zero-order valence-corrected chi connectivity index (χ0v) is 20.5. The third-order valence-corrected chi connectivity index (χ3v) is 6.88. The number of aromatic nitrogens is 2. The number of rotatable bonds is 9. The second kappa shape index (κ2) is 10.8. The highest BCUT2D eigenvalue weighted by molar-refractivity contribution is 8.26. The van der Waals surface area contributed by atoms with Crippen molar-refractivity contribution in [3.8, 4) is 22.7 Å². The first-order chi connectivity index (χ1) is 16.1. The smallest absolute Gasteiger partial charge is 0.266 e. The van der Waals surface area contributed by atoms with Gasteiger partial charge in [0.05, 0.1) is 17.7 Å². The maximum Gasteiger partial charge on any atom is 0.266 e. The molecule has 7 heteroatoms. The Hall–Kier alpha value is -2.90. The number of para-hydroxylation sites is 1. The van der Waals surface area contributed by atoms with E-state index in [2.05, 4.69) is 6.92 Å². The molecule has 5 nitrogen and oxygen atoms in total. The number of methoxy groups -OCH3 is 1. The molecule has 0 bridgehead atoms. The van der Waals surface area contributed by atoms with Gasteiger partial charge in [0.15, 0.2) is 0 Å². The molecule has 0 N–H and O–H groups in total. The minimum Gasteiger partial charge on any atom is -0.497 e. The number of carbonyl (C=O) groups excluding carboxylic acids is 1. The largest absolute Gasteiger partial charge is 0.497 e. The Bertz CT molecular complexity index is 1170. The van der Waals surface area contributed by atoms with Crippen molar-refractivity contribution in [2.24, 2.45) is 0 Å². The third kappa shape index (κ3) is 5.37. The van der Waals surface area contributed by atoms with E-state index < -0.39 is 0 Å². The van der Waals surface area contributed by atoms with Gasteiger partial charge in [-0.2, -0.15) is 5.10 Å². The molecule has 0 spiro atoms. The summed E-state index contributed by atoms with van der Waals surface area (Å²) in [6, 6.07) is 17.7. The van der Waals surface area contributed by atoms with E-state index in [-0.39, 0.29) is 5.91 Å². The number of carbonyl (C=O) groups is 1. The molecule has 1 amide bonds. The monoisotopic (exact) mass is 477 g/mol. The van der Waals surface area contributed by atoms with Crippen molar-refractivity contribution in [1.29, 1.82) is 0 Å². The summed E-state index contributed by atoms with van der Waals surface area (Å²) >= 11 is 6.88. The van der Waals surface area contributed by atoms with Gasteiger partial charge in [-0.15, -0.1) is 0 Å². The topological polar surface area (TPSA) is 47.4 Å². The first-order valence-corrected chi connectivity index (χ1v) is 12.4. The molecule has 1 aliphatic rings. The van der Waals surface area contributed by atoms with Gasteiger partial charge >= 0.3 is 0 Å². The van der Waals surface area contributed by atoms with Gasteiger partial charge in [-0.05, 0) is 36.8 Å². The second-order valence-electron chi connectivity index (χ2n) is 7.84. The lowest BCUT2D eigenvalue weighted by molar-refractivity contribution is -0.122. The summed E-state index contributed by atoms with van der Waals surface area (Å²) in [5.41, 5.74) is 3.51. The lowest BCUT2D eigenvalue weighted by Gasteiger charge is -2.13. The van der Waals surface area contributed by atoms with Crippen LogP contribution >= 0.6 is 24.0 Å². The molecule has 1 aromatic heterocycles. The van der Waals surface area contributed by atoms with E-state index in [1.54, 1.807) is 12.0 Å². The molecule has 170 valence electrons. The fourth-order valence-corrected chi connectivity index (χ4v) is 5.03. The van der Waals surface area contributed by atoms with Crippen LogP contribution in [0.4, 0.5) is 0 Å². The Labute approximate surface area is 204 Å². The second-order valence-corrected chi connectivity index (χ2v) is 9.51. The van der Waals surface area contributed by atoms with Crippen molar-refractivity contribution in [3.05, 3.63) is 71.3 Å². The van der Waals surface area contributed by atoms with Crippen molar-refractivity contribution in [1.82, 2.24) is 14.7 Å². The van der Waals surface area contributed by atoms with Crippen LogP contribution in [-0.2, 0) is 4.79 Å². The van der Waals surface area contributed by atoms with E-state index in [9.17, 15) is 4.79 Å². The van der Waals surface area contributed by atoms with E-state index >= 15 is 0 Å². The number of unbranched alkanes of at least 4 members (excludes halogenated alkanes) is 3. The highest BCUT2D eigenvalue weighted by atomic mass is 32.2. The molecular formula is C26H27N3O2S2. The average molecular weight is 478 g/mol. The molecule has 3 aromatic rings. The summed E-state index contributed by atoms with van der Waals surface area (Å²) < 4.78 is 7.87. The number of benzene rings is 2. The molecule has 0 aliphatic carbocycles. The van der Waals surface area contributed by atoms with E-state index in [1.165, 1.54) is 18.2 Å². The minimum absolute atomic E-state index is 0.0226. The normalized spacial score (nSPS) is 15.0. The molecule has 2 aromatic carbocycles. The lowest BCUT2D eigenvalue weighted by Crippen LogP contribution is -2.29. The van der Waals surface area contributed by atoms with Gasteiger partial charge in [0.25, 0.3) is 5.91 Å². The lowest BCUT2D eigenvalue weighted by atomic mass is 10.1. The van der Waals surface area contributed by atoms with Crippen molar-refractivity contribution in [2.75, 3.05) is 13.7 Å². The highest BCUT2D eigenvalue weighted by Gasteiger charge is 2.32. The van der Waals surface area contributed by atoms with E-state index in [0.717, 1.165) is 47.5 Å². The number of amides is 1. The van der Waals surface area contributed by atoms with Gasteiger partial charge in [0.2, 0.25) is 0 Å². The maximum atomic E-state index is 13.1. The number of thioether (sulfide) groups is 1. The van der Waals surface area contributed by atoms with Gasteiger partial charge in [-0.3, -0.25) is 9.69 Å².